The Morgan fingerprint density at radius 2 is 1.77 bits per heavy atom. The molecule has 0 aliphatic rings. The lowest BCUT2D eigenvalue weighted by atomic mass is 10.1. The molecule has 0 spiro atoms. The summed E-state index contributed by atoms with van der Waals surface area (Å²) < 4.78 is 0. The van der Waals surface area contributed by atoms with Crippen molar-refractivity contribution in [1.82, 2.24) is 35.1 Å². The van der Waals surface area contributed by atoms with Crippen LogP contribution in [-0.2, 0) is 0 Å². The van der Waals surface area contributed by atoms with Gasteiger partial charge in [0.1, 0.15) is 11.2 Å². The summed E-state index contributed by atoms with van der Waals surface area (Å²) in [6.45, 7) is 0. The van der Waals surface area contributed by atoms with Gasteiger partial charge in [-0.05, 0) is 42.5 Å². The van der Waals surface area contributed by atoms with Crippen LogP contribution >= 0.6 is 0 Å². The van der Waals surface area contributed by atoms with Crippen molar-refractivity contribution in [3.05, 3.63) is 79.5 Å². The summed E-state index contributed by atoms with van der Waals surface area (Å²) in [6, 6.07) is 15.8. The first-order valence-electron chi connectivity index (χ1n) is 9.51. The lowest BCUT2D eigenvalue weighted by Crippen LogP contribution is -1.86. The molecule has 0 atom stereocenters. The molecule has 6 aromatic rings. The van der Waals surface area contributed by atoms with Gasteiger partial charge in [0.2, 0.25) is 0 Å². The number of H-pyrrole nitrogens is 2. The number of rotatable bonds is 3. The van der Waals surface area contributed by atoms with Gasteiger partial charge in [-0.15, -0.1) is 0 Å². The molecule has 0 saturated carbocycles. The van der Waals surface area contributed by atoms with E-state index < -0.39 is 0 Å². The van der Waals surface area contributed by atoms with E-state index in [1.807, 2.05) is 61.1 Å². The van der Waals surface area contributed by atoms with Crippen LogP contribution < -0.4 is 0 Å². The smallest absolute Gasteiger partial charge is 0.135 e. The quantitative estimate of drug-likeness (QED) is 0.460. The van der Waals surface area contributed by atoms with Gasteiger partial charge in [-0.3, -0.25) is 20.1 Å². The molecule has 0 unspecified atom stereocenters. The Morgan fingerprint density at radius 3 is 2.63 bits per heavy atom. The van der Waals surface area contributed by atoms with Crippen LogP contribution in [0.1, 0.15) is 0 Å². The third-order valence-electron chi connectivity index (χ3n) is 5.11. The second-order valence-corrected chi connectivity index (χ2v) is 6.95. The van der Waals surface area contributed by atoms with Gasteiger partial charge in [-0.25, -0.2) is 4.98 Å². The average Bonchev–Trinajstić information content (AvgIpc) is 3.43. The summed E-state index contributed by atoms with van der Waals surface area (Å²) in [5.41, 5.74) is 7.90. The van der Waals surface area contributed by atoms with Crippen molar-refractivity contribution >= 4 is 21.9 Å². The number of aromatic amines is 2. The van der Waals surface area contributed by atoms with E-state index in [0.717, 1.165) is 55.8 Å². The topological polar surface area (TPSA) is 96.0 Å². The number of nitrogens with zero attached hydrogens (tertiary/aromatic N) is 5. The maximum Gasteiger partial charge on any atom is 0.135 e. The first-order chi connectivity index (χ1) is 14.9. The molecule has 0 bridgehead atoms. The fourth-order valence-electron chi connectivity index (χ4n) is 3.67. The summed E-state index contributed by atoms with van der Waals surface area (Å²) >= 11 is 0. The molecule has 6 heterocycles. The molecule has 0 aliphatic heterocycles. The molecule has 2 N–H and O–H groups in total. The molecule has 7 heteroatoms. The molecule has 0 fully saturated rings. The fourth-order valence-corrected chi connectivity index (χ4v) is 3.67. The standard InChI is InChI=1S/C23H15N7/c1-2-9-26-18(5-1)16-12-25-13-21-15(16)10-20(27-21)23-22-19(29-30-23)7-6-17(28-22)14-4-3-8-24-11-14/h1-13,27H,(H,29,30). The van der Waals surface area contributed by atoms with E-state index in [9.17, 15) is 0 Å². The van der Waals surface area contributed by atoms with Crippen LogP contribution in [0.5, 0.6) is 0 Å². The maximum absolute atomic E-state index is 4.85. The van der Waals surface area contributed by atoms with E-state index >= 15 is 0 Å². The molecule has 0 amide bonds. The van der Waals surface area contributed by atoms with Crippen LogP contribution in [0, 0.1) is 0 Å². The predicted molar refractivity (Wildman–Crippen MR) is 115 cm³/mol. The summed E-state index contributed by atoms with van der Waals surface area (Å²) in [5, 5.41) is 8.65. The molecule has 0 aliphatic carbocycles. The van der Waals surface area contributed by atoms with Crippen molar-refractivity contribution in [3.8, 4) is 33.9 Å². The number of nitrogens with one attached hydrogen (secondary N) is 2. The van der Waals surface area contributed by atoms with Crippen LogP contribution in [0.3, 0.4) is 0 Å². The highest BCUT2D eigenvalue weighted by molar-refractivity contribution is 5.99. The van der Waals surface area contributed by atoms with Gasteiger partial charge in [-0.2, -0.15) is 5.10 Å². The number of fused-ring (bicyclic) bond motifs is 2. The second kappa shape index (κ2) is 6.59. The van der Waals surface area contributed by atoms with Crippen molar-refractivity contribution < 1.29 is 0 Å². The van der Waals surface area contributed by atoms with E-state index in [0.29, 0.717) is 0 Å². The molecule has 6 rings (SSSR count). The minimum Gasteiger partial charge on any atom is -0.352 e. The summed E-state index contributed by atoms with van der Waals surface area (Å²) in [6.07, 6.45) is 9.00. The van der Waals surface area contributed by atoms with Crippen molar-refractivity contribution in [2.24, 2.45) is 0 Å². The molecular weight excluding hydrogens is 374 g/mol. The minimum atomic E-state index is 0.763. The highest BCUT2D eigenvalue weighted by Crippen LogP contribution is 2.32. The first-order valence-corrected chi connectivity index (χ1v) is 9.51. The summed E-state index contributed by atoms with van der Waals surface area (Å²) in [5.74, 6) is 0. The largest absolute Gasteiger partial charge is 0.352 e. The Balaban J connectivity index is 1.52. The van der Waals surface area contributed by atoms with E-state index in [4.69, 9.17) is 4.98 Å². The van der Waals surface area contributed by atoms with Gasteiger partial charge in [-0.1, -0.05) is 6.07 Å². The lowest BCUT2D eigenvalue weighted by Gasteiger charge is -2.01. The van der Waals surface area contributed by atoms with E-state index in [2.05, 4.69) is 36.2 Å². The van der Waals surface area contributed by atoms with Crippen LogP contribution in [0.25, 0.3) is 55.8 Å². The zero-order valence-electron chi connectivity index (χ0n) is 15.7. The van der Waals surface area contributed by atoms with Crippen molar-refractivity contribution in [1.29, 1.82) is 0 Å². The number of pyridine rings is 4. The van der Waals surface area contributed by atoms with E-state index in [1.165, 1.54) is 0 Å². The molecular formula is C23H15N7. The van der Waals surface area contributed by atoms with Gasteiger partial charge in [0.05, 0.1) is 34.3 Å². The first kappa shape index (κ1) is 16.6. The van der Waals surface area contributed by atoms with Crippen molar-refractivity contribution in [2.75, 3.05) is 0 Å². The number of hydrogen-bond donors (Lipinski definition) is 2. The normalized spacial score (nSPS) is 11.3. The number of aromatic nitrogens is 7. The van der Waals surface area contributed by atoms with Crippen molar-refractivity contribution in [2.45, 2.75) is 0 Å². The van der Waals surface area contributed by atoms with Crippen LogP contribution in [0.2, 0.25) is 0 Å². The Hall–Kier alpha value is -4.39. The minimum absolute atomic E-state index is 0.763. The highest BCUT2D eigenvalue weighted by atomic mass is 15.1. The van der Waals surface area contributed by atoms with Gasteiger partial charge >= 0.3 is 0 Å². The summed E-state index contributed by atoms with van der Waals surface area (Å²) in [4.78, 5) is 21.3. The average molecular weight is 389 g/mol. The highest BCUT2D eigenvalue weighted by Gasteiger charge is 2.15. The molecule has 7 nitrogen and oxygen atoms in total. The monoisotopic (exact) mass is 389 g/mol. The zero-order valence-corrected chi connectivity index (χ0v) is 15.7. The van der Waals surface area contributed by atoms with Crippen LogP contribution in [0.15, 0.2) is 79.5 Å². The molecule has 0 radical (unpaired) electrons. The Bertz CT molecular complexity index is 1480. The van der Waals surface area contributed by atoms with E-state index in [-0.39, 0.29) is 0 Å². The Morgan fingerprint density at radius 1 is 0.767 bits per heavy atom. The predicted octanol–water partition coefficient (Wildman–Crippen LogP) is 4.63. The lowest BCUT2D eigenvalue weighted by molar-refractivity contribution is 1.12. The molecule has 30 heavy (non-hydrogen) atoms. The van der Waals surface area contributed by atoms with E-state index in [1.54, 1.807) is 12.4 Å². The molecule has 0 aromatic carbocycles. The molecule has 6 aromatic heterocycles. The van der Waals surface area contributed by atoms with Gasteiger partial charge in [0, 0.05) is 41.3 Å². The van der Waals surface area contributed by atoms with Gasteiger partial charge in [0.25, 0.3) is 0 Å². The fraction of sp³-hybridized carbons (Fsp3) is 0. The Kier molecular flexibility index (Phi) is 3.64. The third kappa shape index (κ3) is 2.64. The van der Waals surface area contributed by atoms with Gasteiger partial charge < -0.3 is 4.98 Å². The zero-order chi connectivity index (χ0) is 19.9. The maximum atomic E-state index is 4.85. The second-order valence-electron chi connectivity index (χ2n) is 6.95. The third-order valence-corrected chi connectivity index (χ3v) is 5.11. The molecule has 142 valence electrons. The summed E-state index contributed by atoms with van der Waals surface area (Å²) in [7, 11) is 0. The SMILES string of the molecule is c1ccc(-c2cncc3[nH]c(-c4n[nH]c5ccc(-c6cccnc6)nc45)cc23)nc1. The van der Waals surface area contributed by atoms with Crippen LogP contribution in [0.4, 0.5) is 0 Å². The number of hydrogen-bond acceptors (Lipinski definition) is 5. The van der Waals surface area contributed by atoms with Crippen molar-refractivity contribution in [3.63, 3.8) is 0 Å². The Labute approximate surface area is 170 Å². The van der Waals surface area contributed by atoms with Crippen LogP contribution in [-0.4, -0.2) is 35.1 Å². The van der Waals surface area contributed by atoms with Gasteiger partial charge in [0.15, 0.2) is 0 Å². The molecule has 0 saturated heterocycles.